The van der Waals surface area contributed by atoms with Crippen molar-refractivity contribution in [3.63, 3.8) is 0 Å². The Bertz CT molecular complexity index is 797. The van der Waals surface area contributed by atoms with Crippen LogP contribution in [0.15, 0.2) is 17.0 Å². The van der Waals surface area contributed by atoms with Crippen molar-refractivity contribution in [2.45, 2.75) is 54.7 Å². The Balaban J connectivity index is 2.11. The summed E-state index contributed by atoms with van der Waals surface area (Å²) in [5, 5.41) is 9.75. The minimum absolute atomic E-state index is 0.107. The van der Waals surface area contributed by atoms with Crippen LogP contribution >= 0.6 is 0 Å². The van der Waals surface area contributed by atoms with Crippen molar-refractivity contribution < 1.29 is 40.2 Å². The van der Waals surface area contributed by atoms with Crippen molar-refractivity contribution in [2.75, 3.05) is 0 Å². The van der Waals surface area contributed by atoms with E-state index in [-0.39, 0.29) is 17.4 Å². The third-order valence-electron chi connectivity index (χ3n) is 4.58. The number of halogens is 5. The topological polar surface area (TPSA) is 63.6 Å². The fraction of sp³-hybridized carbons (Fsp3) is 0.600. The van der Waals surface area contributed by atoms with Crippen LogP contribution in [-0.4, -0.2) is 31.1 Å². The summed E-state index contributed by atoms with van der Waals surface area (Å²) >= 11 is 0. The number of fused-ring (bicyclic) bond motifs is 1. The lowest BCUT2D eigenvalue weighted by molar-refractivity contribution is -0.0979. The molecule has 1 atom stereocenters. The number of hydrogen-bond acceptors (Lipinski definition) is 4. The number of alkyl halides is 5. The molecule has 0 unspecified atom stereocenters. The first-order valence-corrected chi connectivity index (χ1v) is 9.02. The Kier molecular flexibility index (Phi) is 4.07. The second kappa shape index (κ2) is 5.54. The molecule has 1 fully saturated rings. The van der Waals surface area contributed by atoms with Crippen LogP contribution in [0.2, 0.25) is 0 Å². The van der Waals surface area contributed by atoms with Crippen LogP contribution < -0.4 is 4.74 Å². The van der Waals surface area contributed by atoms with Gasteiger partial charge in [0.25, 0.3) is 15.8 Å². The second-order valence-corrected chi connectivity index (χ2v) is 8.47. The van der Waals surface area contributed by atoms with Gasteiger partial charge in [0.05, 0.1) is 11.0 Å². The number of sulfone groups is 1. The summed E-state index contributed by atoms with van der Waals surface area (Å²) in [5.74, 6) is -3.50. The van der Waals surface area contributed by atoms with Gasteiger partial charge in [-0.25, -0.2) is 17.2 Å². The first-order chi connectivity index (χ1) is 11.3. The van der Waals surface area contributed by atoms with Crippen molar-refractivity contribution in [2.24, 2.45) is 5.92 Å². The van der Waals surface area contributed by atoms with Gasteiger partial charge in [0.2, 0.25) is 0 Å². The lowest BCUT2D eigenvalue weighted by Crippen LogP contribution is -2.32. The summed E-state index contributed by atoms with van der Waals surface area (Å²) in [6.45, 7) is 1.96. The van der Waals surface area contributed by atoms with Crippen molar-refractivity contribution >= 4 is 9.84 Å². The van der Waals surface area contributed by atoms with Gasteiger partial charge in [-0.3, -0.25) is 0 Å². The molecule has 25 heavy (non-hydrogen) atoms. The Morgan fingerprint density at radius 3 is 2.36 bits per heavy atom. The molecule has 1 saturated carbocycles. The van der Waals surface area contributed by atoms with Crippen LogP contribution in [0.5, 0.6) is 5.75 Å². The molecule has 1 N–H and O–H groups in total. The third kappa shape index (κ3) is 2.88. The van der Waals surface area contributed by atoms with Gasteiger partial charge in [-0.05, 0) is 30.9 Å². The molecule has 1 aromatic rings. The summed E-state index contributed by atoms with van der Waals surface area (Å²) in [6.07, 6.45) is -2.66. The summed E-state index contributed by atoms with van der Waals surface area (Å²) in [4.78, 5) is -1.35. The lowest BCUT2D eigenvalue weighted by Gasteiger charge is -2.33. The molecule has 0 aliphatic heterocycles. The summed E-state index contributed by atoms with van der Waals surface area (Å²) in [5.41, 5.74) is -6.97. The fourth-order valence-corrected chi connectivity index (χ4v) is 4.24. The normalized spacial score (nSPS) is 28.4. The van der Waals surface area contributed by atoms with Crippen LogP contribution in [-0.2, 0) is 16.3 Å². The van der Waals surface area contributed by atoms with Gasteiger partial charge in [0.1, 0.15) is 11.9 Å². The monoisotopic (exact) mass is 386 g/mol. The minimum atomic E-state index is -5.88. The molecule has 0 amide bonds. The van der Waals surface area contributed by atoms with Gasteiger partial charge in [-0.15, -0.1) is 0 Å². The molecule has 140 valence electrons. The van der Waals surface area contributed by atoms with E-state index in [2.05, 4.69) is 0 Å². The SMILES string of the molecule is CC1CC(Oc2ccc(S(=O)(=O)C(F)(F)F)c3c2CC(F)(F)[C@H]3O)C1. The zero-order valence-electron chi connectivity index (χ0n) is 13.0. The molecule has 0 aromatic heterocycles. The molecule has 1 aromatic carbocycles. The molecule has 10 heteroatoms. The molecule has 0 heterocycles. The van der Waals surface area contributed by atoms with E-state index in [4.69, 9.17) is 4.74 Å². The van der Waals surface area contributed by atoms with Gasteiger partial charge >= 0.3 is 5.51 Å². The summed E-state index contributed by atoms with van der Waals surface area (Å²) in [7, 11) is -5.88. The Hall–Kier alpha value is -1.42. The number of benzene rings is 1. The summed E-state index contributed by atoms with van der Waals surface area (Å²) < 4.78 is 95.2. The van der Waals surface area contributed by atoms with E-state index >= 15 is 0 Å². The van der Waals surface area contributed by atoms with E-state index < -0.39 is 44.3 Å². The highest BCUT2D eigenvalue weighted by molar-refractivity contribution is 7.92. The molecule has 3 rings (SSSR count). The maximum atomic E-state index is 13.9. The first kappa shape index (κ1) is 18.4. The smallest absolute Gasteiger partial charge is 0.490 e. The van der Waals surface area contributed by atoms with Crippen molar-refractivity contribution in [1.29, 1.82) is 0 Å². The highest BCUT2D eigenvalue weighted by Crippen LogP contribution is 2.51. The van der Waals surface area contributed by atoms with Crippen LogP contribution in [0.1, 0.15) is 37.0 Å². The van der Waals surface area contributed by atoms with E-state index in [1.807, 2.05) is 6.92 Å². The molecule has 2 aliphatic carbocycles. The number of hydrogen-bond donors (Lipinski definition) is 1. The van der Waals surface area contributed by atoms with E-state index in [1.54, 1.807) is 0 Å². The van der Waals surface area contributed by atoms with Crippen LogP contribution in [0.25, 0.3) is 0 Å². The highest BCUT2D eigenvalue weighted by atomic mass is 32.2. The average Bonchev–Trinajstić information content (AvgIpc) is 2.67. The van der Waals surface area contributed by atoms with Crippen LogP contribution in [0, 0.1) is 5.92 Å². The van der Waals surface area contributed by atoms with Crippen LogP contribution in [0.3, 0.4) is 0 Å². The van der Waals surface area contributed by atoms with Gasteiger partial charge < -0.3 is 9.84 Å². The van der Waals surface area contributed by atoms with Gasteiger partial charge in [0.15, 0.2) is 0 Å². The number of aliphatic hydroxyl groups excluding tert-OH is 1. The predicted octanol–water partition coefficient (Wildman–Crippen LogP) is 3.38. The largest absolute Gasteiger partial charge is 0.501 e. The molecule has 0 bridgehead atoms. The van der Waals surface area contributed by atoms with E-state index in [9.17, 15) is 35.5 Å². The average molecular weight is 386 g/mol. The molecule has 0 radical (unpaired) electrons. The van der Waals surface area contributed by atoms with E-state index in [0.717, 1.165) is 6.07 Å². The number of ether oxygens (including phenoxy) is 1. The maximum Gasteiger partial charge on any atom is 0.501 e. The Morgan fingerprint density at radius 1 is 1.24 bits per heavy atom. The molecule has 4 nitrogen and oxygen atoms in total. The van der Waals surface area contributed by atoms with Crippen molar-refractivity contribution in [3.05, 3.63) is 23.3 Å². The first-order valence-electron chi connectivity index (χ1n) is 7.54. The molecule has 0 saturated heterocycles. The maximum absolute atomic E-state index is 13.9. The highest BCUT2D eigenvalue weighted by Gasteiger charge is 2.55. The quantitative estimate of drug-likeness (QED) is 0.809. The molecule has 0 spiro atoms. The van der Waals surface area contributed by atoms with Crippen LogP contribution in [0.4, 0.5) is 22.0 Å². The minimum Gasteiger partial charge on any atom is -0.490 e. The van der Waals surface area contributed by atoms with Gasteiger partial charge in [0, 0.05) is 17.5 Å². The zero-order valence-corrected chi connectivity index (χ0v) is 13.8. The molecule has 2 aliphatic rings. The molecular weight excluding hydrogens is 371 g/mol. The fourth-order valence-electron chi connectivity index (χ4n) is 3.22. The lowest BCUT2D eigenvalue weighted by atomic mass is 9.84. The zero-order chi connectivity index (χ0) is 18.8. The third-order valence-corrected chi connectivity index (χ3v) is 6.12. The Labute approximate surface area is 140 Å². The predicted molar refractivity (Wildman–Crippen MR) is 76.1 cm³/mol. The van der Waals surface area contributed by atoms with Gasteiger partial charge in [-0.2, -0.15) is 13.2 Å². The second-order valence-electron chi connectivity index (χ2n) is 6.56. The number of rotatable bonds is 3. The van der Waals surface area contributed by atoms with Gasteiger partial charge in [-0.1, -0.05) is 6.92 Å². The standard InChI is InChI=1S/C15H15F5O4S/c1-7-4-8(5-7)24-10-2-3-11(25(22,23)15(18,19)20)12-9(10)6-14(16,17)13(12)21/h2-3,7-8,13,21H,4-6H2,1H3/t7?,8?,13-/m0/s1. The Morgan fingerprint density at radius 2 is 1.84 bits per heavy atom. The molecular formula is C15H15F5O4S. The summed E-state index contributed by atoms with van der Waals surface area (Å²) in [6, 6.07) is 1.53. The van der Waals surface area contributed by atoms with E-state index in [1.165, 1.54) is 0 Å². The van der Waals surface area contributed by atoms with E-state index in [0.29, 0.717) is 24.8 Å². The number of aliphatic hydroxyl groups is 1. The van der Waals surface area contributed by atoms with Crippen molar-refractivity contribution in [1.82, 2.24) is 0 Å². The van der Waals surface area contributed by atoms with Crippen molar-refractivity contribution in [3.8, 4) is 5.75 Å².